The fourth-order valence-electron chi connectivity index (χ4n) is 6.67. The van der Waals surface area contributed by atoms with Crippen molar-refractivity contribution in [1.29, 1.82) is 0 Å². The van der Waals surface area contributed by atoms with Gasteiger partial charge in [0.15, 0.2) is 14.9 Å². The number of anilines is 2. The van der Waals surface area contributed by atoms with E-state index < -0.39 is 8.32 Å². The first-order chi connectivity index (χ1) is 20.7. The second-order valence-electron chi connectivity index (χ2n) is 12.2. The summed E-state index contributed by atoms with van der Waals surface area (Å²) < 4.78 is 12.2. The summed E-state index contributed by atoms with van der Waals surface area (Å²) in [5, 5.41) is 9.65. The van der Waals surface area contributed by atoms with Gasteiger partial charge in [-0.25, -0.2) is 0 Å². The van der Waals surface area contributed by atoms with Crippen LogP contribution in [0.25, 0.3) is 0 Å². The smallest absolute Gasteiger partial charge is 0.269 e. The number of carbonyl (C=O) groups excluding carboxylic acids is 2. The van der Waals surface area contributed by atoms with Crippen LogP contribution in [-0.4, -0.2) is 66.9 Å². The molecule has 5 rings (SSSR count). The van der Waals surface area contributed by atoms with E-state index in [1.165, 1.54) is 0 Å². The predicted molar refractivity (Wildman–Crippen MR) is 169 cm³/mol. The number of aliphatic hydroxyl groups is 1. The van der Waals surface area contributed by atoms with E-state index in [0.717, 1.165) is 35.3 Å². The fourth-order valence-corrected chi connectivity index (χ4v) is 9.28. The van der Waals surface area contributed by atoms with Crippen LogP contribution in [0.1, 0.15) is 30.9 Å². The van der Waals surface area contributed by atoms with Crippen LogP contribution in [0.4, 0.5) is 11.4 Å². The van der Waals surface area contributed by atoms with Crippen molar-refractivity contribution in [2.75, 3.05) is 24.7 Å². The van der Waals surface area contributed by atoms with Crippen molar-refractivity contribution < 1.29 is 29.0 Å². The molecule has 0 bridgehead atoms. The van der Waals surface area contributed by atoms with Crippen LogP contribution in [-0.2, 0) is 27.3 Å². The van der Waals surface area contributed by atoms with Gasteiger partial charge in [-0.05, 0) is 67.2 Å². The Labute approximate surface area is 255 Å². The number of rotatable bonds is 11. The molecule has 1 saturated heterocycles. The number of amides is 2. The van der Waals surface area contributed by atoms with E-state index in [4.69, 9.17) is 9.47 Å². The molecule has 2 aliphatic rings. The number of benzene rings is 3. The molecule has 3 aromatic rings. The molecule has 2 aliphatic heterocycles. The number of fused-ring (bicyclic) bond motifs is 1. The largest absolute Gasteiger partial charge is 0.482 e. The van der Waals surface area contributed by atoms with Crippen molar-refractivity contribution in [3.8, 4) is 5.75 Å². The van der Waals surface area contributed by atoms with Gasteiger partial charge < -0.3 is 24.3 Å². The number of ether oxygens (including phenoxy) is 2. The average Bonchev–Trinajstić information content (AvgIpc) is 3.31. The van der Waals surface area contributed by atoms with Gasteiger partial charge in [0.05, 0.1) is 30.9 Å². The molecule has 0 aliphatic carbocycles. The molecule has 0 aromatic heterocycles. The van der Waals surface area contributed by atoms with E-state index in [0.29, 0.717) is 12.3 Å². The quantitative estimate of drug-likeness (QED) is 0.298. The zero-order chi connectivity index (χ0) is 30.6. The minimum atomic E-state index is -2.67. The Bertz CT molecular complexity index is 1410. The standard InChI is InChI=1S/C34H42N2O6Si/c1-24-29(17-16-25-12-9-13-27(20-25)36-28-14-7-8-15-30(28)41-23-33(36)39)42-31(34(24)43(2,3)40)21-32(38)35(18-19-37)22-26-10-5-4-6-11-26/h4-15,20,24,29,31,34,37,40H,16-19,21-23H2,1-3H3/t24-,29+,31-,34+/m0/s1. The van der Waals surface area contributed by atoms with Gasteiger partial charge in [0.2, 0.25) is 5.91 Å². The van der Waals surface area contributed by atoms with Crippen LogP contribution in [0.2, 0.25) is 18.6 Å². The van der Waals surface area contributed by atoms with Crippen molar-refractivity contribution >= 4 is 31.5 Å². The number of hydrogen-bond acceptors (Lipinski definition) is 6. The van der Waals surface area contributed by atoms with Crippen LogP contribution in [0.3, 0.4) is 0 Å². The Hall–Kier alpha value is -3.50. The molecule has 8 nitrogen and oxygen atoms in total. The molecule has 2 amide bonds. The molecule has 1 fully saturated rings. The number of nitrogens with zero attached hydrogens (tertiary/aromatic N) is 2. The van der Waals surface area contributed by atoms with Crippen LogP contribution in [0.5, 0.6) is 5.75 Å². The fraction of sp³-hybridized carbons (Fsp3) is 0.412. The molecule has 2 heterocycles. The molecule has 0 saturated carbocycles. The van der Waals surface area contributed by atoms with Crippen molar-refractivity contribution in [3.05, 3.63) is 90.0 Å². The summed E-state index contributed by atoms with van der Waals surface area (Å²) in [4.78, 5) is 41.0. The number of hydrogen-bond donors (Lipinski definition) is 2. The molecular weight excluding hydrogens is 560 g/mol. The Balaban J connectivity index is 1.28. The summed E-state index contributed by atoms with van der Waals surface area (Å²) in [5.41, 5.74) is 3.52. The van der Waals surface area contributed by atoms with Crippen LogP contribution >= 0.6 is 0 Å². The third-order valence-corrected chi connectivity index (χ3v) is 11.2. The molecule has 0 unspecified atom stereocenters. The number of aryl methyl sites for hydroxylation is 1. The van der Waals surface area contributed by atoms with Crippen LogP contribution in [0, 0.1) is 5.92 Å². The van der Waals surface area contributed by atoms with Gasteiger partial charge >= 0.3 is 0 Å². The third-order valence-electron chi connectivity index (χ3n) is 8.63. The first-order valence-electron chi connectivity index (χ1n) is 15.1. The van der Waals surface area contributed by atoms with Crippen molar-refractivity contribution in [2.24, 2.45) is 5.92 Å². The summed E-state index contributed by atoms with van der Waals surface area (Å²) in [7, 11) is -2.67. The SMILES string of the molecule is C[C@@H]1[C@@H]([Si](C)(C)O)[C@H](CC(=O)N(CCO)Cc2ccccc2)O[C@@H]1CCc1cccc(N2C(=O)COc3ccccc32)c1. The average molecular weight is 603 g/mol. The normalized spacial score (nSPS) is 21.8. The Morgan fingerprint density at radius 2 is 1.72 bits per heavy atom. The van der Waals surface area contributed by atoms with E-state index in [1.807, 2.05) is 85.9 Å². The molecule has 0 radical (unpaired) electrons. The summed E-state index contributed by atoms with van der Waals surface area (Å²) in [5.74, 6) is 0.573. The van der Waals surface area contributed by atoms with E-state index in [1.54, 1.807) is 9.80 Å². The molecule has 228 valence electrons. The zero-order valence-electron chi connectivity index (χ0n) is 25.2. The van der Waals surface area contributed by atoms with Gasteiger partial charge in [-0.3, -0.25) is 14.5 Å². The summed E-state index contributed by atoms with van der Waals surface area (Å²) >= 11 is 0. The summed E-state index contributed by atoms with van der Waals surface area (Å²) in [6.45, 7) is 6.52. The zero-order valence-corrected chi connectivity index (χ0v) is 26.2. The van der Waals surface area contributed by atoms with Gasteiger partial charge in [-0.1, -0.05) is 61.5 Å². The lowest BCUT2D eigenvalue weighted by Gasteiger charge is -2.31. The van der Waals surface area contributed by atoms with E-state index in [2.05, 4.69) is 13.0 Å². The van der Waals surface area contributed by atoms with Gasteiger partial charge in [-0.2, -0.15) is 0 Å². The highest BCUT2D eigenvalue weighted by Crippen LogP contribution is 2.46. The van der Waals surface area contributed by atoms with Gasteiger partial charge in [0.25, 0.3) is 5.91 Å². The van der Waals surface area contributed by atoms with E-state index >= 15 is 0 Å². The Morgan fingerprint density at radius 3 is 2.47 bits per heavy atom. The number of carbonyl (C=O) groups is 2. The Morgan fingerprint density at radius 1 is 1.00 bits per heavy atom. The minimum Gasteiger partial charge on any atom is -0.482 e. The van der Waals surface area contributed by atoms with Crippen molar-refractivity contribution in [1.82, 2.24) is 4.90 Å². The van der Waals surface area contributed by atoms with Crippen molar-refractivity contribution in [2.45, 2.75) is 63.6 Å². The molecule has 0 spiro atoms. The maximum Gasteiger partial charge on any atom is 0.269 e. The molecule has 3 aromatic carbocycles. The highest BCUT2D eigenvalue weighted by Gasteiger charge is 2.50. The molecule has 2 N–H and O–H groups in total. The Kier molecular flexibility index (Phi) is 9.66. The monoisotopic (exact) mass is 602 g/mol. The molecule has 9 heteroatoms. The van der Waals surface area contributed by atoms with Gasteiger partial charge in [0.1, 0.15) is 5.75 Å². The predicted octanol–water partition coefficient (Wildman–Crippen LogP) is 5.06. The lowest BCUT2D eigenvalue weighted by molar-refractivity contribution is -0.135. The second-order valence-corrected chi connectivity index (χ2v) is 16.1. The molecule has 4 atom stereocenters. The number of aliphatic hydroxyl groups excluding tert-OH is 1. The first-order valence-corrected chi connectivity index (χ1v) is 18.1. The van der Waals surface area contributed by atoms with Gasteiger partial charge in [0, 0.05) is 24.3 Å². The summed E-state index contributed by atoms with van der Waals surface area (Å²) in [6.07, 6.45) is 1.13. The lowest BCUT2D eigenvalue weighted by Crippen LogP contribution is -2.42. The topological polar surface area (TPSA) is 99.5 Å². The maximum absolute atomic E-state index is 13.5. The van der Waals surface area contributed by atoms with E-state index in [-0.39, 0.29) is 61.7 Å². The van der Waals surface area contributed by atoms with Crippen LogP contribution < -0.4 is 9.64 Å². The molecule has 43 heavy (non-hydrogen) atoms. The minimum absolute atomic E-state index is 0.00190. The van der Waals surface area contributed by atoms with Crippen LogP contribution in [0.15, 0.2) is 78.9 Å². The highest BCUT2D eigenvalue weighted by atomic mass is 28.4. The van der Waals surface area contributed by atoms with Gasteiger partial charge in [-0.15, -0.1) is 0 Å². The second kappa shape index (κ2) is 13.4. The highest BCUT2D eigenvalue weighted by molar-refractivity contribution is 6.71. The lowest BCUT2D eigenvalue weighted by atomic mass is 9.95. The molecular formula is C34H42N2O6Si. The number of para-hydroxylation sites is 2. The first kappa shape index (κ1) is 30.9. The maximum atomic E-state index is 13.5. The van der Waals surface area contributed by atoms with Crippen molar-refractivity contribution in [3.63, 3.8) is 0 Å². The summed E-state index contributed by atoms with van der Waals surface area (Å²) in [6, 6.07) is 25.3. The van der Waals surface area contributed by atoms with E-state index in [9.17, 15) is 19.5 Å². The third kappa shape index (κ3) is 7.18.